The molecule has 0 aromatic heterocycles. The van der Waals surface area contributed by atoms with Crippen LogP contribution in [0.2, 0.25) is 0 Å². The van der Waals surface area contributed by atoms with Crippen LogP contribution in [0.15, 0.2) is 30.3 Å². The van der Waals surface area contributed by atoms with E-state index in [9.17, 15) is 29.7 Å². The van der Waals surface area contributed by atoms with E-state index in [-0.39, 0.29) is 71.0 Å². The number of hydrogen-bond donors (Lipinski definition) is 0. The van der Waals surface area contributed by atoms with Crippen molar-refractivity contribution in [2.45, 2.75) is 219 Å². The first-order valence-corrected chi connectivity index (χ1v) is 20.5. The van der Waals surface area contributed by atoms with Crippen molar-refractivity contribution in [1.82, 2.24) is 0 Å². The standard InChI is InChI=1S/2C18H36O2.C7H6O2.Mg.Na/c2*1-2-3-4-5-6-7-8-9-10-11-12-13-14-15-16-17-18(19)20;8-7(9)6-4-2-1-3-5-6;;/h2*2-17H2,1H3,(H,19,20);1-5H,(H,8,9);;/q;;;+2;+1/p-3. The van der Waals surface area contributed by atoms with Crippen LogP contribution in [0.4, 0.5) is 0 Å². The van der Waals surface area contributed by atoms with Crippen molar-refractivity contribution in [3.05, 3.63) is 35.9 Å². The number of aromatic carboxylic acids is 1. The minimum absolute atomic E-state index is 0. The zero-order valence-electron chi connectivity index (χ0n) is 33.7. The second-order valence-corrected chi connectivity index (χ2v) is 13.8. The molecule has 1 aromatic rings. The summed E-state index contributed by atoms with van der Waals surface area (Å²) in [7, 11) is 0. The molecule has 0 unspecified atom stereocenters. The van der Waals surface area contributed by atoms with E-state index in [1.54, 1.807) is 18.2 Å². The Morgan fingerprint density at radius 2 is 0.608 bits per heavy atom. The summed E-state index contributed by atoms with van der Waals surface area (Å²) in [6.45, 7) is 4.53. The fourth-order valence-corrected chi connectivity index (χ4v) is 5.86. The number of rotatable bonds is 33. The maximum atomic E-state index is 10.2. The van der Waals surface area contributed by atoms with Crippen LogP contribution in [0.25, 0.3) is 0 Å². The van der Waals surface area contributed by atoms with Gasteiger partial charge in [0.05, 0.1) is 5.97 Å². The fraction of sp³-hybridized carbons (Fsp3) is 0.791. The van der Waals surface area contributed by atoms with Crippen molar-refractivity contribution in [1.29, 1.82) is 0 Å². The molecule has 0 aliphatic carbocycles. The third kappa shape index (κ3) is 53.8. The summed E-state index contributed by atoms with van der Waals surface area (Å²) < 4.78 is 0. The van der Waals surface area contributed by atoms with Crippen LogP contribution in [0, 0.1) is 0 Å². The van der Waals surface area contributed by atoms with Crippen LogP contribution in [0.3, 0.4) is 0 Å². The zero-order valence-corrected chi connectivity index (χ0v) is 37.1. The van der Waals surface area contributed by atoms with Gasteiger partial charge in [-0.1, -0.05) is 224 Å². The first-order valence-electron chi connectivity index (χ1n) is 20.5. The van der Waals surface area contributed by atoms with Crippen LogP contribution in [0.1, 0.15) is 230 Å². The van der Waals surface area contributed by atoms with Crippen LogP contribution in [-0.4, -0.2) is 41.0 Å². The van der Waals surface area contributed by atoms with E-state index < -0.39 is 17.9 Å². The summed E-state index contributed by atoms with van der Waals surface area (Å²) in [5, 5.41) is 30.5. The molecular weight excluding hydrogens is 660 g/mol. The summed E-state index contributed by atoms with van der Waals surface area (Å²) in [5.74, 6) is -2.94. The number of carboxylic acid groups (broad SMARTS) is 3. The molecule has 0 heterocycles. The van der Waals surface area contributed by atoms with Crippen molar-refractivity contribution in [3.8, 4) is 0 Å². The topological polar surface area (TPSA) is 120 Å². The summed E-state index contributed by atoms with van der Waals surface area (Å²) >= 11 is 0. The van der Waals surface area contributed by atoms with Crippen molar-refractivity contribution < 1.29 is 59.3 Å². The number of aliphatic carboxylic acids is 2. The van der Waals surface area contributed by atoms with E-state index in [1.807, 2.05) is 0 Å². The number of carbonyl (C=O) groups excluding carboxylic acids is 3. The molecule has 0 bridgehead atoms. The number of benzene rings is 1. The second kappa shape index (κ2) is 49.4. The Morgan fingerprint density at radius 3 is 0.784 bits per heavy atom. The molecule has 0 spiro atoms. The van der Waals surface area contributed by atoms with Gasteiger partial charge in [-0.2, -0.15) is 0 Å². The molecule has 1 rings (SSSR count). The zero-order chi connectivity index (χ0) is 36.5. The van der Waals surface area contributed by atoms with E-state index in [2.05, 4.69) is 13.8 Å². The molecule has 0 saturated heterocycles. The van der Waals surface area contributed by atoms with Crippen LogP contribution >= 0.6 is 0 Å². The Bertz CT molecular complexity index is 795. The summed E-state index contributed by atoms with van der Waals surface area (Å²) in [6, 6.07) is 8.06. The quantitative estimate of drug-likeness (QED) is 0.0588. The van der Waals surface area contributed by atoms with Gasteiger partial charge in [-0.3, -0.25) is 0 Å². The Labute approximate surface area is 352 Å². The van der Waals surface area contributed by atoms with Gasteiger partial charge in [-0.25, -0.2) is 0 Å². The van der Waals surface area contributed by atoms with Gasteiger partial charge in [0.15, 0.2) is 0 Å². The van der Waals surface area contributed by atoms with Gasteiger partial charge >= 0.3 is 52.6 Å². The van der Waals surface area contributed by atoms with Gasteiger partial charge in [-0.15, -0.1) is 0 Å². The average Bonchev–Trinajstić information content (AvgIpc) is 3.09. The Hall–Kier alpha value is -0.604. The van der Waals surface area contributed by atoms with Gasteiger partial charge in [-0.05, 0) is 31.2 Å². The van der Waals surface area contributed by atoms with Crippen LogP contribution < -0.4 is 44.9 Å². The predicted molar refractivity (Wildman–Crippen MR) is 206 cm³/mol. The third-order valence-electron chi connectivity index (χ3n) is 8.98. The minimum atomic E-state index is -1.13. The number of carboxylic acids is 3. The molecule has 0 N–H and O–H groups in total. The minimum Gasteiger partial charge on any atom is -0.550 e. The van der Waals surface area contributed by atoms with E-state index in [0.29, 0.717) is 0 Å². The molecular formula is C43H75MgNaO6. The van der Waals surface area contributed by atoms with Gasteiger partial charge in [0.2, 0.25) is 0 Å². The van der Waals surface area contributed by atoms with E-state index >= 15 is 0 Å². The largest absolute Gasteiger partial charge is 2.00 e. The van der Waals surface area contributed by atoms with E-state index in [1.165, 1.54) is 179 Å². The number of carbonyl (C=O) groups is 3. The predicted octanol–water partition coefficient (Wildman–Crippen LogP) is 6.67. The van der Waals surface area contributed by atoms with Crippen molar-refractivity contribution >= 4 is 41.0 Å². The molecule has 0 atom stereocenters. The molecule has 286 valence electrons. The van der Waals surface area contributed by atoms with Gasteiger partial charge in [0.25, 0.3) is 0 Å². The Kier molecular flexibility index (Phi) is 55.3. The molecule has 0 fully saturated rings. The molecule has 0 aliphatic rings. The number of unbranched alkanes of at least 4 members (excludes halogenated alkanes) is 28. The SMILES string of the molecule is CCCCCCCCCCCCCCCCCC(=O)[O-].CCCCCCCCCCCCCCCCCC(=O)[O-].O=C([O-])c1ccccc1.[Mg+2].[Na+]. The van der Waals surface area contributed by atoms with Crippen molar-refractivity contribution in [2.24, 2.45) is 0 Å². The number of hydrogen-bond acceptors (Lipinski definition) is 6. The Balaban J connectivity index is -0.000000338. The first kappa shape index (κ1) is 57.1. The molecule has 6 nitrogen and oxygen atoms in total. The fourth-order valence-electron chi connectivity index (χ4n) is 5.86. The first-order chi connectivity index (χ1) is 23.8. The molecule has 1 aromatic carbocycles. The van der Waals surface area contributed by atoms with E-state index in [4.69, 9.17) is 0 Å². The monoisotopic (exact) mass is 735 g/mol. The summed E-state index contributed by atoms with van der Waals surface area (Å²) in [6.07, 6.45) is 39.7. The molecule has 0 aliphatic heterocycles. The van der Waals surface area contributed by atoms with E-state index in [0.717, 1.165) is 25.7 Å². The molecule has 0 saturated carbocycles. The van der Waals surface area contributed by atoms with Gasteiger partial charge in [0.1, 0.15) is 0 Å². The maximum absolute atomic E-state index is 10.2. The summed E-state index contributed by atoms with van der Waals surface area (Å²) in [5.41, 5.74) is 0.220. The average molecular weight is 735 g/mol. The second-order valence-electron chi connectivity index (χ2n) is 13.8. The molecule has 8 heteroatoms. The van der Waals surface area contributed by atoms with Crippen LogP contribution in [-0.2, 0) is 9.59 Å². The van der Waals surface area contributed by atoms with Gasteiger partial charge < -0.3 is 29.7 Å². The molecule has 0 amide bonds. The smallest absolute Gasteiger partial charge is 0.550 e. The van der Waals surface area contributed by atoms with Gasteiger partial charge in [0, 0.05) is 11.9 Å². The van der Waals surface area contributed by atoms with Crippen LogP contribution in [0.5, 0.6) is 0 Å². The third-order valence-corrected chi connectivity index (χ3v) is 8.98. The normalized spacial score (nSPS) is 10.1. The molecule has 0 radical (unpaired) electrons. The Morgan fingerprint density at radius 1 is 0.392 bits per heavy atom. The molecule has 51 heavy (non-hydrogen) atoms. The van der Waals surface area contributed by atoms with Crippen molar-refractivity contribution in [2.75, 3.05) is 0 Å². The maximum Gasteiger partial charge on any atom is 2.00 e. The summed E-state index contributed by atoms with van der Waals surface area (Å²) in [4.78, 5) is 30.5. The van der Waals surface area contributed by atoms with Crippen molar-refractivity contribution in [3.63, 3.8) is 0 Å².